The molecule has 0 aliphatic rings. The molecule has 3 atom stereocenters. The number of unbranched alkanes of at least 4 members (excludes halogenated alkanes) is 40. The first kappa shape index (κ1) is 67.0. The number of rotatable bonds is 56. The summed E-state index contributed by atoms with van der Waals surface area (Å²) in [4.78, 5) is 12.5. The van der Waals surface area contributed by atoms with Gasteiger partial charge in [-0.2, -0.15) is 0 Å². The maximum Gasteiger partial charge on any atom is 0.249 e. The molecule has 0 fully saturated rings. The fourth-order valence-electron chi connectivity index (χ4n) is 9.31. The van der Waals surface area contributed by atoms with Crippen LogP contribution in [-0.4, -0.2) is 46.1 Å². The number of allylic oxidation sites excluding steroid dienone is 9. The van der Waals surface area contributed by atoms with Gasteiger partial charge >= 0.3 is 0 Å². The Morgan fingerprint density at radius 3 is 0.971 bits per heavy atom. The number of amides is 1. The van der Waals surface area contributed by atoms with Gasteiger partial charge in [-0.3, -0.25) is 4.79 Å². The van der Waals surface area contributed by atoms with Gasteiger partial charge in [-0.05, 0) is 77.0 Å². The second-order valence-corrected chi connectivity index (χ2v) is 20.9. The van der Waals surface area contributed by atoms with Crippen LogP contribution in [0.15, 0.2) is 60.8 Å². The van der Waals surface area contributed by atoms with Gasteiger partial charge in [-0.1, -0.05) is 299 Å². The summed E-state index contributed by atoms with van der Waals surface area (Å²) in [6, 6.07) is -0.823. The summed E-state index contributed by atoms with van der Waals surface area (Å²) in [5.41, 5.74) is 0. The lowest BCUT2D eigenvalue weighted by Crippen LogP contribution is -2.48. The van der Waals surface area contributed by atoms with E-state index in [4.69, 9.17) is 0 Å². The molecule has 404 valence electrons. The number of carbonyl (C=O) groups is 1. The molecular formula is C64H119NO4. The van der Waals surface area contributed by atoms with Gasteiger partial charge in [0.15, 0.2) is 0 Å². The highest BCUT2D eigenvalue weighted by Crippen LogP contribution is 2.17. The second-order valence-electron chi connectivity index (χ2n) is 20.9. The molecular weight excluding hydrogens is 847 g/mol. The average Bonchev–Trinajstić information content (AvgIpc) is 3.35. The van der Waals surface area contributed by atoms with Gasteiger partial charge < -0.3 is 20.6 Å². The SMILES string of the molecule is CCCCCCCCC/C=C/CC/C=C/CC/C=C/C(O)C(CO)NC(=O)C(O)CCCCCCCCCCCCCCCCCC/C=C\C/C=C\CCCCCCCCCCCCCCCCC. The summed E-state index contributed by atoms with van der Waals surface area (Å²) < 4.78 is 0. The lowest BCUT2D eigenvalue weighted by molar-refractivity contribution is -0.131. The van der Waals surface area contributed by atoms with Crippen molar-refractivity contribution in [1.82, 2.24) is 5.32 Å². The molecule has 0 aromatic rings. The second kappa shape index (κ2) is 58.6. The summed E-state index contributed by atoms with van der Waals surface area (Å²) in [5.74, 6) is -0.515. The Balaban J connectivity index is 3.54. The fraction of sp³-hybridized carbons (Fsp3) is 0.828. The fourth-order valence-corrected chi connectivity index (χ4v) is 9.31. The van der Waals surface area contributed by atoms with Crippen molar-refractivity contribution in [2.24, 2.45) is 0 Å². The third-order valence-electron chi connectivity index (χ3n) is 14.1. The molecule has 0 saturated carbocycles. The zero-order valence-corrected chi connectivity index (χ0v) is 46.2. The maximum atomic E-state index is 12.5. The van der Waals surface area contributed by atoms with E-state index in [0.29, 0.717) is 6.42 Å². The predicted octanol–water partition coefficient (Wildman–Crippen LogP) is 19.3. The minimum Gasteiger partial charge on any atom is -0.394 e. The van der Waals surface area contributed by atoms with Crippen molar-refractivity contribution < 1.29 is 20.1 Å². The quantitative estimate of drug-likeness (QED) is 0.0361. The van der Waals surface area contributed by atoms with Crippen molar-refractivity contribution in [2.45, 2.75) is 334 Å². The van der Waals surface area contributed by atoms with Gasteiger partial charge in [-0.15, -0.1) is 0 Å². The summed E-state index contributed by atoms with van der Waals surface area (Å²) >= 11 is 0. The Labute approximate surface area is 430 Å². The summed E-state index contributed by atoms with van der Waals surface area (Å²) in [6.07, 6.45) is 80.5. The van der Waals surface area contributed by atoms with Gasteiger partial charge in [-0.25, -0.2) is 0 Å². The van der Waals surface area contributed by atoms with Crippen molar-refractivity contribution in [1.29, 1.82) is 0 Å². The topological polar surface area (TPSA) is 89.8 Å². The smallest absolute Gasteiger partial charge is 0.249 e. The van der Waals surface area contributed by atoms with Gasteiger partial charge in [0, 0.05) is 0 Å². The molecule has 5 heteroatoms. The van der Waals surface area contributed by atoms with Crippen molar-refractivity contribution >= 4 is 5.91 Å². The highest BCUT2D eigenvalue weighted by molar-refractivity contribution is 5.80. The third-order valence-corrected chi connectivity index (χ3v) is 14.1. The van der Waals surface area contributed by atoms with Gasteiger partial charge in [0.25, 0.3) is 0 Å². The number of aliphatic hydroxyl groups excluding tert-OH is 3. The Bertz CT molecular complexity index is 1160. The van der Waals surface area contributed by atoms with Gasteiger partial charge in [0.1, 0.15) is 6.10 Å². The lowest BCUT2D eigenvalue weighted by Gasteiger charge is -2.21. The standard InChI is InChI=1S/C64H119NO4/c1-3-5-7-9-11-13-15-17-19-21-22-23-24-25-26-27-28-29-30-31-32-33-34-35-36-37-38-39-40-41-43-45-47-49-51-53-55-57-59-63(68)64(69)65-61(60-66)62(67)58-56-54-52-50-48-46-44-42-20-18-16-14-12-10-8-6-4-2/h20,28-29,31-32,42,48,50,56,58,61-63,66-68H,3-19,21-27,30,33-41,43-47,49,51-55,57,59-60H2,1-2H3,(H,65,69)/b29-28-,32-31-,42-20+,50-48+,58-56+. The number of carbonyl (C=O) groups excluding carboxylic acids is 1. The van der Waals surface area contributed by atoms with Crippen LogP contribution in [0.2, 0.25) is 0 Å². The van der Waals surface area contributed by atoms with E-state index in [1.807, 2.05) is 6.08 Å². The minimum absolute atomic E-state index is 0.382. The van der Waals surface area contributed by atoms with Crippen LogP contribution in [0, 0.1) is 0 Å². The van der Waals surface area contributed by atoms with E-state index in [9.17, 15) is 20.1 Å². The molecule has 69 heavy (non-hydrogen) atoms. The van der Waals surface area contributed by atoms with E-state index in [-0.39, 0.29) is 6.61 Å². The minimum atomic E-state index is -1.11. The molecule has 0 bridgehead atoms. The van der Waals surface area contributed by atoms with E-state index >= 15 is 0 Å². The highest BCUT2D eigenvalue weighted by Gasteiger charge is 2.22. The molecule has 5 nitrogen and oxygen atoms in total. The summed E-state index contributed by atoms with van der Waals surface area (Å²) in [7, 11) is 0. The molecule has 1 amide bonds. The first-order valence-corrected chi connectivity index (χ1v) is 30.6. The van der Waals surface area contributed by atoms with Crippen molar-refractivity contribution in [3.63, 3.8) is 0 Å². The molecule has 0 aliphatic heterocycles. The monoisotopic (exact) mass is 966 g/mol. The predicted molar refractivity (Wildman–Crippen MR) is 305 cm³/mol. The van der Waals surface area contributed by atoms with Crippen molar-refractivity contribution in [3.8, 4) is 0 Å². The number of aliphatic hydroxyl groups is 3. The third kappa shape index (κ3) is 53.7. The highest BCUT2D eigenvalue weighted by atomic mass is 16.3. The van der Waals surface area contributed by atoms with E-state index in [1.54, 1.807) is 6.08 Å². The van der Waals surface area contributed by atoms with Gasteiger partial charge in [0.2, 0.25) is 5.91 Å². The molecule has 0 saturated heterocycles. The van der Waals surface area contributed by atoms with Crippen LogP contribution in [0.5, 0.6) is 0 Å². The molecule has 0 heterocycles. The number of nitrogens with one attached hydrogen (secondary N) is 1. The van der Waals surface area contributed by atoms with Crippen molar-refractivity contribution in [3.05, 3.63) is 60.8 Å². The van der Waals surface area contributed by atoms with E-state index in [1.165, 1.54) is 244 Å². The molecule has 0 aromatic heterocycles. The van der Waals surface area contributed by atoms with Crippen LogP contribution in [0.1, 0.15) is 316 Å². The first-order chi connectivity index (χ1) is 34.1. The van der Waals surface area contributed by atoms with Crippen LogP contribution in [0.4, 0.5) is 0 Å². The molecule has 0 radical (unpaired) electrons. The number of hydrogen-bond acceptors (Lipinski definition) is 4. The first-order valence-electron chi connectivity index (χ1n) is 30.6. The lowest BCUT2D eigenvalue weighted by atomic mass is 10.0. The van der Waals surface area contributed by atoms with Crippen LogP contribution < -0.4 is 5.32 Å². The van der Waals surface area contributed by atoms with E-state index in [2.05, 4.69) is 67.8 Å². The van der Waals surface area contributed by atoms with E-state index in [0.717, 1.165) is 51.4 Å². The normalized spacial score (nSPS) is 13.6. The largest absolute Gasteiger partial charge is 0.394 e. The molecule has 3 unspecified atom stereocenters. The van der Waals surface area contributed by atoms with Crippen molar-refractivity contribution in [2.75, 3.05) is 6.61 Å². The Hall–Kier alpha value is -1.95. The Morgan fingerprint density at radius 1 is 0.362 bits per heavy atom. The Morgan fingerprint density at radius 2 is 0.638 bits per heavy atom. The van der Waals surface area contributed by atoms with E-state index < -0.39 is 24.2 Å². The molecule has 0 aromatic carbocycles. The average molecular weight is 967 g/mol. The van der Waals surface area contributed by atoms with Crippen LogP contribution >= 0.6 is 0 Å². The van der Waals surface area contributed by atoms with Crippen LogP contribution in [0.3, 0.4) is 0 Å². The molecule has 0 aliphatic carbocycles. The maximum absolute atomic E-state index is 12.5. The molecule has 4 N–H and O–H groups in total. The van der Waals surface area contributed by atoms with Crippen LogP contribution in [0.25, 0.3) is 0 Å². The zero-order chi connectivity index (χ0) is 50.0. The van der Waals surface area contributed by atoms with Gasteiger partial charge in [0.05, 0.1) is 18.8 Å². The Kier molecular flexibility index (Phi) is 57.0. The van der Waals surface area contributed by atoms with Crippen LogP contribution in [-0.2, 0) is 4.79 Å². The zero-order valence-electron chi connectivity index (χ0n) is 46.2. The summed E-state index contributed by atoms with van der Waals surface area (Å²) in [6.45, 7) is 4.18. The molecule has 0 spiro atoms. The molecule has 0 rings (SSSR count). The summed E-state index contributed by atoms with van der Waals surface area (Å²) in [5, 5.41) is 33.3. The number of hydrogen-bond donors (Lipinski definition) is 4.